The van der Waals surface area contributed by atoms with Gasteiger partial charge in [0.2, 0.25) is 0 Å². The van der Waals surface area contributed by atoms with Crippen molar-refractivity contribution in [2.24, 2.45) is 10.6 Å². The highest BCUT2D eigenvalue weighted by molar-refractivity contribution is 5.81. The highest BCUT2D eigenvalue weighted by Crippen LogP contribution is 2.51. The SMILES string of the molecule is COc1ccc2ncc(C3(C)C=C4N(CCC45CCN(C(=O)Oc4ccc(N=O)cc4)C5)N3)cc2c1. The van der Waals surface area contributed by atoms with Crippen molar-refractivity contribution in [3.05, 3.63) is 77.0 Å². The average molecular weight is 486 g/mol. The first kappa shape index (κ1) is 22.5. The third kappa shape index (κ3) is 3.67. The fraction of sp³-hybridized carbons (Fsp3) is 0.333. The first-order valence-electron chi connectivity index (χ1n) is 12.0. The molecule has 1 N–H and O–H groups in total. The molecule has 1 amide bonds. The second-order valence-electron chi connectivity index (χ2n) is 9.93. The van der Waals surface area contributed by atoms with Crippen molar-refractivity contribution < 1.29 is 14.3 Å². The standard InChI is InChI=1S/C27H27N5O4/c1-26(19-13-18-14-22(35-2)7-8-23(18)28-16-19)15-24-27(10-12-32(24)30-26)9-11-31(17-27)25(33)36-21-5-3-20(29-34)4-6-21/h3-8,13-16,30H,9-12,17H2,1-2H3. The van der Waals surface area contributed by atoms with Crippen molar-refractivity contribution in [2.75, 3.05) is 26.7 Å². The lowest BCUT2D eigenvalue weighted by atomic mass is 9.81. The van der Waals surface area contributed by atoms with E-state index >= 15 is 0 Å². The Morgan fingerprint density at radius 3 is 2.64 bits per heavy atom. The minimum atomic E-state index is -0.407. The van der Waals surface area contributed by atoms with Crippen LogP contribution in [0.25, 0.3) is 10.9 Å². The number of hydrogen-bond acceptors (Lipinski definition) is 8. The second-order valence-corrected chi connectivity index (χ2v) is 9.93. The molecule has 1 spiro atoms. The Labute approximate surface area is 208 Å². The molecule has 9 nitrogen and oxygen atoms in total. The number of amides is 1. The van der Waals surface area contributed by atoms with Gasteiger partial charge in [-0.15, -0.1) is 4.91 Å². The van der Waals surface area contributed by atoms with E-state index in [1.54, 1.807) is 24.1 Å². The van der Waals surface area contributed by atoms with Crippen LogP contribution in [0.2, 0.25) is 0 Å². The number of nitrogens with one attached hydrogen (secondary N) is 1. The Balaban J connectivity index is 1.22. The molecule has 9 heteroatoms. The van der Waals surface area contributed by atoms with Crippen LogP contribution in [0, 0.1) is 10.3 Å². The maximum atomic E-state index is 12.9. The number of methoxy groups -OCH3 is 1. The summed E-state index contributed by atoms with van der Waals surface area (Å²) in [5.41, 5.74) is 6.69. The maximum absolute atomic E-state index is 12.9. The fourth-order valence-electron chi connectivity index (χ4n) is 5.64. The number of hydrazine groups is 1. The topological polar surface area (TPSA) is 96.4 Å². The number of benzene rings is 2. The normalized spacial score (nSPS) is 24.8. The van der Waals surface area contributed by atoms with Gasteiger partial charge in [0, 0.05) is 42.3 Å². The number of ether oxygens (including phenoxy) is 2. The number of aromatic nitrogens is 1. The van der Waals surface area contributed by atoms with Gasteiger partial charge in [-0.1, -0.05) is 0 Å². The van der Waals surface area contributed by atoms with E-state index in [4.69, 9.17) is 9.47 Å². The van der Waals surface area contributed by atoms with Gasteiger partial charge in [0.05, 0.1) is 18.2 Å². The van der Waals surface area contributed by atoms with Crippen LogP contribution in [0.5, 0.6) is 11.5 Å². The fourth-order valence-corrected chi connectivity index (χ4v) is 5.64. The number of nitroso groups, excluding NO2 is 1. The largest absolute Gasteiger partial charge is 0.497 e. The molecule has 0 radical (unpaired) electrons. The van der Waals surface area contributed by atoms with Gasteiger partial charge in [-0.25, -0.2) is 10.2 Å². The van der Waals surface area contributed by atoms with Crippen LogP contribution < -0.4 is 14.9 Å². The summed E-state index contributed by atoms with van der Waals surface area (Å²) in [6.45, 7) is 4.27. The molecule has 4 heterocycles. The van der Waals surface area contributed by atoms with Crippen LogP contribution in [0.15, 0.2) is 71.7 Å². The molecule has 36 heavy (non-hydrogen) atoms. The molecule has 184 valence electrons. The molecule has 6 rings (SSSR count). The Hall–Kier alpha value is -3.98. The van der Waals surface area contributed by atoms with E-state index in [9.17, 15) is 9.70 Å². The van der Waals surface area contributed by atoms with Gasteiger partial charge in [0.1, 0.15) is 17.2 Å². The van der Waals surface area contributed by atoms with Gasteiger partial charge in [0.15, 0.2) is 0 Å². The molecule has 2 fully saturated rings. The number of hydrogen-bond donors (Lipinski definition) is 1. The van der Waals surface area contributed by atoms with Crippen LogP contribution in [0.1, 0.15) is 25.3 Å². The zero-order valence-electron chi connectivity index (χ0n) is 20.2. The molecule has 2 unspecified atom stereocenters. The van der Waals surface area contributed by atoms with Crippen LogP contribution in [0.3, 0.4) is 0 Å². The zero-order valence-corrected chi connectivity index (χ0v) is 20.2. The molecule has 1 aromatic heterocycles. The number of carbonyl (C=O) groups is 1. The number of fused-ring (bicyclic) bond motifs is 3. The number of rotatable bonds is 4. The van der Waals surface area contributed by atoms with Gasteiger partial charge >= 0.3 is 6.09 Å². The lowest BCUT2D eigenvalue weighted by Gasteiger charge is -2.27. The summed E-state index contributed by atoms with van der Waals surface area (Å²) >= 11 is 0. The summed E-state index contributed by atoms with van der Waals surface area (Å²) in [5.74, 6) is 1.20. The molecule has 0 saturated carbocycles. The molecule has 3 aliphatic heterocycles. The third-order valence-corrected chi connectivity index (χ3v) is 7.69. The average Bonchev–Trinajstić information content (AvgIpc) is 3.58. The van der Waals surface area contributed by atoms with E-state index in [1.165, 1.54) is 17.8 Å². The molecule has 3 aliphatic rings. The highest BCUT2D eigenvalue weighted by Gasteiger charge is 2.53. The van der Waals surface area contributed by atoms with Crippen molar-refractivity contribution in [3.8, 4) is 11.5 Å². The molecule has 2 saturated heterocycles. The Kier molecular flexibility index (Phi) is 5.19. The van der Waals surface area contributed by atoms with Crippen LogP contribution in [0.4, 0.5) is 10.5 Å². The molecular formula is C27H27N5O4. The summed E-state index contributed by atoms with van der Waals surface area (Å²) in [6, 6.07) is 14.3. The lowest BCUT2D eigenvalue weighted by Crippen LogP contribution is -2.42. The predicted octanol–water partition coefficient (Wildman–Crippen LogP) is 4.86. The van der Waals surface area contributed by atoms with E-state index in [1.807, 2.05) is 24.4 Å². The van der Waals surface area contributed by atoms with Gasteiger partial charge in [-0.3, -0.25) is 4.98 Å². The van der Waals surface area contributed by atoms with Crippen LogP contribution >= 0.6 is 0 Å². The summed E-state index contributed by atoms with van der Waals surface area (Å²) in [7, 11) is 1.66. The summed E-state index contributed by atoms with van der Waals surface area (Å²) in [4.78, 5) is 29.9. The quantitative estimate of drug-likeness (QED) is 0.528. The van der Waals surface area contributed by atoms with E-state index in [0.29, 0.717) is 24.5 Å². The predicted molar refractivity (Wildman–Crippen MR) is 135 cm³/mol. The second kappa shape index (κ2) is 8.30. The van der Waals surface area contributed by atoms with Crippen molar-refractivity contribution >= 4 is 22.7 Å². The van der Waals surface area contributed by atoms with E-state index in [0.717, 1.165) is 41.6 Å². The maximum Gasteiger partial charge on any atom is 0.415 e. The molecular weight excluding hydrogens is 458 g/mol. The summed E-state index contributed by atoms with van der Waals surface area (Å²) in [5, 5.41) is 6.14. The van der Waals surface area contributed by atoms with Gasteiger partial charge in [-0.2, -0.15) is 0 Å². The minimum absolute atomic E-state index is 0.109. The molecule has 2 aromatic carbocycles. The minimum Gasteiger partial charge on any atom is -0.497 e. The first-order valence-corrected chi connectivity index (χ1v) is 12.0. The molecule has 0 bridgehead atoms. The Morgan fingerprint density at radius 1 is 1.08 bits per heavy atom. The monoisotopic (exact) mass is 485 g/mol. The summed E-state index contributed by atoms with van der Waals surface area (Å²) < 4.78 is 10.9. The van der Waals surface area contributed by atoms with Crippen molar-refractivity contribution in [1.29, 1.82) is 0 Å². The van der Waals surface area contributed by atoms with E-state index in [2.05, 4.69) is 39.7 Å². The number of pyridine rings is 1. The summed E-state index contributed by atoms with van der Waals surface area (Å²) in [6.07, 6.45) is 5.70. The van der Waals surface area contributed by atoms with Gasteiger partial charge in [0.25, 0.3) is 0 Å². The first-order chi connectivity index (χ1) is 17.4. The molecule has 0 aliphatic carbocycles. The number of carbonyl (C=O) groups excluding carboxylic acids is 1. The van der Waals surface area contributed by atoms with Crippen LogP contribution in [-0.2, 0) is 5.54 Å². The van der Waals surface area contributed by atoms with Crippen LogP contribution in [-0.4, -0.2) is 47.7 Å². The molecule has 2 atom stereocenters. The van der Waals surface area contributed by atoms with E-state index < -0.39 is 5.54 Å². The molecule has 3 aromatic rings. The van der Waals surface area contributed by atoms with Crippen molar-refractivity contribution in [3.63, 3.8) is 0 Å². The number of nitrogens with zero attached hydrogens (tertiary/aromatic N) is 4. The smallest absolute Gasteiger partial charge is 0.415 e. The van der Waals surface area contributed by atoms with Crippen molar-refractivity contribution in [2.45, 2.75) is 25.3 Å². The van der Waals surface area contributed by atoms with Gasteiger partial charge < -0.3 is 19.4 Å². The van der Waals surface area contributed by atoms with Gasteiger partial charge in [-0.05, 0) is 85.1 Å². The Morgan fingerprint density at radius 2 is 1.86 bits per heavy atom. The third-order valence-electron chi connectivity index (χ3n) is 7.69. The zero-order chi connectivity index (χ0) is 24.9. The van der Waals surface area contributed by atoms with Crippen molar-refractivity contribution in [1.82, 2.24) is 20.3 Å². The lowest BCUT2D eigenvalue weighted by molar-refractivity contribution is 0.158. The number of likely N-dealkylation sites (tertiary alicyclic amines) is 1. The highest BCUT2D eigenvalue weighted by atomic mass is 16.6. The Bertz CT molecular complexity index is 1390. The van der Waals surface area contributed by atoms with E-state index in [-0.39, 0.29) is 11.5 Å².